The van der Waals surface area contributed by atoms with Crippen LogP contribution in [-0.2, 0) is 17.8 Å². The minimum atomic E-state index is -0.0720. The van der Waals surface area contributed by atoms with Crippen LogP contribution in [0.5, 0.6) is 5.75 Å². The molecule has 0 bridgehead atoms. The van der Waals surface area contributed by atoms with Crippen molar-refractivity contribution in [2.24, 2.45) is 5.10 Å². The highest BCUT2D eigenvalue weighted by Gasteiger charge is 2.35. The lowest BCUT2D eigenvalue weighted by molar-refractivity contribution is -0.123. The second-order valence-corrected chi connectivity index (χ2v) is 8.48. The van der Waals surface area contributed by atoms with Gasteiger partial charge in [-0.3, -0.25) is 9.69 Å². The summed E-state index contributed by atoms with van der Waals surface area (Å²) in [5, 5.41) is 5.53. The van der Waals surface area contributed by atoms with Crippen LogP contribution in [0.2, 0.25) is 0 Å². The van der Waals surface area contributed by atoms with Crippen LogP contribution in [-0.4, -0.2) is 41.8 Å². The number of hydrogen-bond donors (Lipinski definition) is 1. The molecule has 31 heavy (non-hydrogen) atoms. The van der Waals surface area contributed by atoms with Crippen LogP contribution in [0, 0.1) is 6.92 Å². The van der Waals surface area contributed by atoms with E-state index in [9.17, 15) is 4.79 Å². The van der Waals surface area contributed by atoms with Crippen LogP contribution in [0.3, 0.4) is 0 Å². The Morgan fingerprint density at radius 2 is 2.06 bits per heavy atom. The summed E-state index contributed by atoms with van der Waals surface area (Å²) in [6.07, 6.45) is 5.06. The van der Waals surface area contributed by atoms with E-state index in [0.29, 0.717) is 12.6 Å². The molecule has 5 rings (SSSR count). The Hall–Kier alpha value is -3.12. The number of carbonyl (C=O) groups is 1. The Kier molecular flexibility index (Phi) is 5.24. The van der Waals surface area contributed by atoms with Gasteiger partial charge in [-0.1, -0.05) is 11.6 Å². The predicted molar refractivity (Wildman–Crippen MR) is 123 cm³/mol. The van der Waals surface area contributed by atoms with Crippen molar-refractivity contribution in [2.45, 2.75) is 38.8 Å². The number of fused-ring (bicyclic) bond motifs is 3. The summed E-state index contributed by atoms with van der Waals surface area (Å²) in [7, 11) is 1.64. The van der Waals surface area contributed by atoms with Crippen molar-refractivity contribution in [3.63, 3.8) is 0 Å². The minimum absolute atomic E-state index is 0.0720. The molecule has 6 nitrogen and oxygen atoms in total. The molecule has 1 amide bonds. The zero-order valence-corrected chi connectivity index (χ0v) is 18.1. The van der Waals surface area contributed by atoms with Crippen molar-refractivity contribution in [3.05, 3.63) is 64.8 Å². The molecule has 2 aromatic carbocycles. The number of ether oxygens (including phenoxy) is 1. The van der Waals surface area contributed by atoms with Crippen molar-refractivity contribution in [1.29, 1.82) is 0 Å². The average Bonchev–Trinajstić information content (AvgIpc) is 3.10. The van der Waals surface area contributed by atoms with Crippen LogP contribution in [0.25, 0.3) is 10.9 Å². The summed E-state index contributed by atoms with van der Waals surface area (Å²) >= 11 is 0. The molecule has 6 heteroatoms. The van der Waals surface area contributed by atoms with Crippen LogP contribution in [0.4, 0.5) is 0 Å². The SMILES string of the molecule is COc1ccc(/C=N/NC(=O)CN2CCn3c4c(c5cc(C)ccc53)CCC[C@@H]42)cc1. The number of aryl methyl sites for hydroxylation is 2. The summed E-state index contributed by atoms with van der Waals surface area (Å²) in [4.78, 5) is 14.9. The fourth-order valence-corrected chi connectivity index (χ4v) is 5.07. The lowest BCUT2D eigenvalue weighted by atomic mass is 9.89. The summed E-state index contributed by atoms with van der Waals surface area (Å²) in [6, 6.07) is 14.6. The number of methoxy groups -OCH3 is 1. The van der Waals surface area contributed by atoms with E-state index in [1.807, 2.05) is 24.3 Å². The van der Waals surface area contributed by atoms with Gasteiger partial charge < -0.3 is 9.30 Å². The zero-order valence-electron chi connectivity index (χ0n) is 18.1. The minimum Gasteiger partial charge on any atom is -0.497 e. The van der Waals surface area contributed by atoms with E-state index in [-0.39, 0.29) is 5.91 Å². The van der Waals surface area contributed by atoms with Gasteiger partial charge in [-0.05, 0) is 73.7 Å². The highest BCUT2D eigenvalue weighted by atomic mass is 16.5. The van der Waals surface area contributed by atoms with Crippen molar-refractivity contribution >= 4 is 23.0 Å². The second-order valence-electron chi connectivity index (χ2n) is 8.48. The van der Waals surface area contributed by atoms with E-state index in [2.05, 4.69) is 45.1 Å². The molecule has 3 aromatic rings. The molecule has 1 atom stereocenters. The third-order valence-electron chi connectivity index (χ3n) is 6.50. The van der Waals surface area contributed by atoms with Gasteiger partial charge in [0, 0.05) is 29.7 Å². The van der Waals surface area contributed by atoms with Gasteiger partial charge in [-0.15, -0.1) is 0 Å². The third-order valence-corrected chi connectivity index (χ3v) is 6.50. The number of amides is 1. The van der Waals surface area contributed by atoms with Gasteiger partial charge in [0.05, 0.1) is 25.9 Å². The Balaban J connectivity index is 1.29. The summed E-state index contributed by atoms with van der Waals surface area (Å²) in [5.41, 5.74) is 9.16. The number of hydrazone groups is 1. The number of nitrogens with one attached hydrogen (secondary N) is 1. The maximum atomic E-state index is 12.6. The lowest BCUT2D eigenvalue weighted by Crippen LogP contribution is -2.44. The lowest BCUT2D eigenvalue weighted by Gasteiger charge is -2.39. The van der Waals surface area contributed by atoms with E-state index in [1.54, 1.807) is 13.3 Å². The molecule has 0 fully saturated rings. The van der Waals surface area contributed by atoms with Crippen LogP contribution < -0.4 is 10.2 Å². The average molecular weight is 417 g/mol. The monoisotopic (exact) mass is 416 g/mol. The third kappa shape index (κ3) is 3.72. The Labute approximate surface area is 182 Å². The number of rotatable bonds is 5. The molecule has 160 valence electrons. The van der Waals surface area contributed by atoms with Gasteiger partial charge in [-0.2, -0.15) is 5.10 Å². The quantitative estimate of drug-likeness (QED) is 0.508. The molecule has 0 unspecified atom stereocenters. The molecule has 0 saturated carbocycles. The van der Waals surface area contributed by atoms with Gasteiger partial charge in [0.2, 0.25) is 0 Å². The van der Waals surface area contributed by atoms with Gasteiger partial charge in [0.1, 0.15) is 5.75 Å². The smallest absolute Gasteiger partial charge is 0.254 e. The maximum Gasteiger partial charge on any atom is 0.254 e. The topological polar surface area (TPSA) is 58.9 Å². The highest BCUT2D eigenvalue weighted by molar-refractivity contribution is 5.87. The first kappa shape index (κ1) is 19.8. The Bertz CT molecular complexity index is 1150. The number of aromatic nitrogens is 1. The van der Waals surface area contributed by atoms with Gasteiger partial charge in [0.15, 0.2) is 0 Å². The fraction of sp³-hybridized carbons (Fsp3) is 0.360. The number of hydrogen-bond acceptors (Lipinski definition) is 4. The maximum absolute atomic E-state index is 12.6. The number of benzene rings is 2. The first-order valence-electron chi connectivity index (χ1n) is 11.0. The van der Waals surface area contributed by atoms with E-state index in [0.717, 1.165) is 37.2 Å². The Morgan fingerprint density at radius 1 is 1.23 bits per heavy atom. The standard InChI is InChI=1S/C25H28N4O2/c1-17-6-11-22-21(14-17)20-4-3-5-23-25(20)29(22)13-12-28(23)16-24(30)27-26-15-18-7-9-19(31-2)10-8-18/h6-11,14-15,23H,3-5,12-13,16H2,1-2H3,(H,27,30)/b26-15+/t23-/m0/s1. The van der Waals surface area contributed by atoms with E-state index < -0.39 is 0 Å². The number of nitrogens with zero attached hydrogens (tertiary/aromatic N) is 3. The number of carbonyl (C=O) groups excluding carboxylic acids is 1. The molecule has 0 saturated heterocycles. The highest BCUT2D eigenvalue weighted by Crippen LogP contribution is 2.42. The molecule has 0 radical (unpaired) electrons. The summed E-state index contributed by atoms with van der Waals surface area (Å²) in [6.45, 7) is 4.33. The zero-order chi connectivity index (χ0) is 21.4. The van der Waals surface area contributed by atoms with Crippen LogP contribution in [0.15, 0.2) is 47.6 Å². The molecule has 2 aliphatic rings. The van der Waals surface area contributed by atoms with E-state index >= 15 is 0 Å². The van der Waals surface area contributed by atoms with E-state index in [1.165, 1.54) is 34.1 Å². The Morgan fingerprint density at radius 3 is 2.87 bits per heavy atom. The normalized spacial score (nSPS) is 18.3. The van der Waals surface area contributed by atoms with E-state index in [4.69, 9.17) is 4.74 Å². The second kappa shape index (κ2) is 8.19. The molecular formula is C25H28N4O2. The molecule has 1 aliphatic carbocycles. The van der Waals surface area contributed by atoms with Crippen molar-refractivity contribution in [3.8, 4) is 5.75 Å². The first-order valence-corrected chi connectivity index (χ1v) is 11.0. The summed E-state index contributed by atoms with van der Waals surface area (Å²) < 4.78 is 7.65. The fourth-order valence-electron chi connectivity index (χ4n) is 5.07. The molecule has 0 spiro atoms. The molecule has 1 N–H and O–H groups in total. The van der Waals surface area contributed by atoms with Crippen molar-refractivity contribution < 1.29 is 9.53 Å². The molecule has 1 aliphatic heterocycles. The predicted octanol–water partition coefficient (Wildman–Crippen LogP) is 3.80. The summed E-state index contributed by atoms with van der Waals surface area (Å²) in [5.74, 6) is 0.725. The molecular weight excluding hydrogens is 388 g/mol. The van der Waals surface area contributed by atoms with Crippen molar-refractivity contribution in [2.75, 3.05) is 20.2 Å². The largest absolute Gasteiger partial charge is 0.497 e. The van der Waals surface area contributed by atoms with Crippen molar-refractivity contribution in [1.82, 2.24) is 14.9 Å². The van der Waals surface area contributed by atoms with Gasteiger partial charge in [-0.25, -0.2) is 5.43 Å². The van der Waals surface area contributed by atoms with Crippen LogP contribution in [0.1, 0.15) is 41.3 Å². The van der Waals surface area contributed by atoms with Crippen LogP contribution >= 0.6 is 0 Å². The molecule has 1 aromatic heterocycles. The van der Waals surface area contributed by atoms with Gasteiger partial charge in [0.25, 0.3) is 5.91 Å². The first-order chi connectivity index (χ1) is 15.1. The molecule has 2 heterocycles. The van der Waals surface area contributed by atoms with Gasteiger partial charge >= 0.3 is 0 Å².